The fourth-order valence-electron chi connectivity index (χ4n) is 3.06. The predicted octanol–water partition coefficient (Wildman–Crippen LogP) is 3.95. The summed E-state index contributed by atoms with van der Waals surface area (Å²) in [7, 11) is 0. The van der Waals surface area contributed by atoms with E-state index in [4.69, 9.17) is 5.73 Å². The summed E-state index contributed by atoms with van der Waals surface area (Å²) in [4.78, 5) is 12.5. The lowest BCUT2D eigenvalue weighted by Gasteiger charge is -2.27. The van der Waals surface area contributed by atoms with E-state index >= 15 is 0 Å². The molecule has 1 amide bonds. The molecule has 0 heterocycles. The molecule has 0 saturated carbocycles. The number of halogens is 2. The van der Waals surface area contributed by atoms with Crippen molar-refractivity contribution in [1.82, 2.24) is 5.32 Å². The van der Waals surface area contributed by atoms with Gasteiger partial charge in [0.05, 0.1) is 6.04 Å². The first kappa shape index (κ1) is 17.3. The average Bonchev–Trinajstić information content (AvgIpc) is 2.49. The van der Waals surface area contributed by atoms with E-state index in [0.29, 0.717) is 5.56 Å². The number of anilines is 1. The van der Waals surface area contributed by atoms with E-state index < -0.39 is 5.82 Å². The first-order chi connectivity index (χ1) is 10.5. The monoisotopic (exact) mass is 334 g/mol. The number of carbonyl (C=O) groups is 1. The fourth-order valence-corrected chi connectivity index (χ4v) is 3.06. The Morgan fingerprint density at radius 1 is 1.26 bits per heavy atom. The summed E-state index contributed by atoms with van der Waals surface area (Å²) in [5.74, 6) is -0.626. The van der Waals surface area contributed by atoms with Crippen molar-refractivity contribution in [2.24, 2.45) is 0 Å². The molecule has 3 N–H and O–H groups in total. The zero-order valence-electron chi connectivity index (χ0n) is 12.9. The molecule has 0 spiro atoms. The topological polar surface area (TPSA) is 55.1 Å². The lowest BCUT2D eigenvalue weighted by Crippen LogP contribution is -2.31. The molecule has 122 valence electrons. The van der Waals surface area contributed by atoms with Crippen LogP contribution in [0.5, 0.6) is 0 Å². The van der Waals surface area contributed by atoms with Crippen LogP contribution in [0.2, 0.25) is 0 Å². The normalized spacial score (nSPS) is 16.2. The molecule has 3 rings (SSSR count). The van der Waals surface area contributed by atoms with Crippen LogP contribution in [0.15, 0.2) is 36.4 Å². The van der Waals surface area contributed by atoms with E-state index in [9.17, 15) is 9.18 Å². The number of hydrogen-bond donors (Lipinski definition) is 2. The van der Waals surface area contributed by atoms with Gasteiger partial charge in [-0.05, 0) is 67.1 Å². The molecule has 0 fully saturated rings. The second-order valence-electron chi connectivity index (χ2n) is 5.84. The fraction of sp³-hybridized carbons (Fsp3) is 0.278. The Balaban J connectivity index is 0.00000192. The van der Waals surface area contributed by atoms with E-state index in [-0.39, 0.29) is 24.4 Å². The molecule has 0 bridgehead atoms. The zero-order valence-corrected chi connectivity index (χ0v) is 13.8. The molecule has 3 nitrogen and oxygen atoms in total. The van der Waals surface area contributed by atoms with Crippen molar-refractivity contribution in [3.8, 4) is 0 Å². The highest BCUT2D eigenvalue weighted by Gasteiger charge is 2.23. The SMILES string of the molecule is Cc1ccc(F)cc1C(=O)NC1CCCc2cc(N)ccc21.Cl. The Morgan fingerprint density at radius 3 is 2.83 bits per heavy atom. The summed E-state index contributed by atoms with van der Waals surface area (Å²) in [5, 5.41) is 3.03. The van der Waals surface area contributed by atoms with Crippen molar-refractivity contribution < 1.29 is 9.18 Å². The highest BCUT2D eigenvalue weighted by Crippen LogP contribution is 2.31. The highest BCUT2D eigenvalue weighted by molar-refractivity contribution is 5.95. The standard InChI is InChI=1S/C18H19FN2O.ClH/c1-11-5-6-13(19)10-16(11)18(22)21-17-4-2-3-12-9-14(20)7-8-15(12)17;/h5-10,17H,2-4,20H2,1H3,(H,21,22);1H. The van der Waals surface area contributed by atoms with Crippen LogP contribution < -0.4 is 11.1 Å². The van der Waals surface area contributed by atoms with Crippen molar-refractivity contribution in [3.63, 3.8) is 0 Å². The van der Waals surface area contributed by atoms with Crippen LogP contribution in [0, 0.1) is 12.7 Å². The minimum Gasteiger partial charge on any atom is -0.399 e. The lowest BCUT2D eigenvalue weighted by atomic mass is 9.87. The molecule has 0 aliphatic heterocycles. The minimum absolute atomic E-state index is 0. The smallest absolute Gasteiger partial charge is 0.252 e. The maximum atomic E-state index is 13.4. The van der Waals surface area contributed by atoms with Crippen molar-refractivity contribution in [2.75, 3.05) is 5.73 Å². The number of aryl methyl sites for hydroxylation is 2. The third kappa shape index (κ3) is 3.64. The van der Waals surface area contributed by atoms with E-state index in [1.807, 2.05) is 25.1 Å². The average molecular weight is 335 g/mol. The molecule has 2 aromatic carbocycles. The maximum absolute atomic E-state index is 13.4. The molecule has 0 aromatic heterocycles. The Labute approximate surface area is 141 Å². The molecule has 0 radical (unpaired) electrons. The van der Waals surface area contributed by atoms with E-state index in [0.717, 1.165) is 36.1 Å². The number of carbonyl (C=O) groups excluding carboxylic acids is 1. The Kier molecular flexibility index (Phi) is 5.26. The third-order valence-corrected chi connectivity index (χ3v) is 4.23. The number of fused-ring (bicyclic) bond motifs is 1. The summed E-state index contributed by atoms with van der Waals surface area (Å²) in [5.41, 5.74) is 10.0. The molecule has 1 aliphatic rings. The van der Waals surface area contributed by atoms with Crippen LogP contribution in [0.3, 0.4) is 0 Å². The van der Waals surface area contributed by atoms with Crippen molar-refractivity contribution in [1.29, 1.82) is 0 Å². The largest absolute Gasteiger partial charge is 0.399 e. The van der Waals surface area contributed by atoms with Gasteiger partial charge in [-0.3, -0.25) is 4.79 Å². The van der Waals surface area contributed by atoms with Gasteiger partial charge in [-0.2, -0.15) is 0 Å². The minimum atomic E-state index is -0.396. The first-order valence-corrected chi connectivity index (χ1v) is 7.50. The maximum Gasteiger partial charge on any atom is 0.252 e. The zero-order chi connectivity index (χ0) is 15.7. The number of nitrogen functional groups attached to an aromatic ring is 1. The number of benzene rings is 2. The summed E-state index contributed by atoms with van der Waals surface area (Å²) in [6.07, 6.45) is 2.87. The molecule has 23 heavy (non-hydrogen) atoms. The number of hydrogen-bond acceptors (Lipinski definition) is 2. The molecule has 2 aromatic rings. The summed E-state index contributed by atoms with van der Waals surface area (Å²) < 4.78 is 13.4. The molecule has 0 saturated heterocycles. The van der Waals surface area contributed by atoms with Gasteiger partial charge in [-0.25, -0.2) is 4.39 Å². The van der Waals surface area contributed by atoms with Crippen LogP contribution in [0.4, 0.5) is 10.1 Å². The molecular weight excluding hydrogens is 315 g/mol. The third-order valence-electron chi connectivity index (χ3n) is 4.23. The summed E-state index contributed by atoms with van der Waals surface area (Å²) in [6, 6.07) is 10.0. The van der Waals surface area contributed by atoms with Crippen molar-refractivity contribution in [2.45, 2.75) is 32.2 Å². The Morgan fingerprint density at radius 2 is 2.04 bits per heavy atom. The first-order valence-electron chi connectivity index (χ1n) is 7.50. The van der Waals surface area contributed by atoms with Gasteiger partial charge in [0.2, 0.25) is 0 Å². The lowest BCUT2D eigenvalue weighted by molar-refractivity contribution is 0.0931. The molecule has 1 aliphatic carbocycles. The Bertz CT molecular complexity index is 733. The Hall–Kier alpha value is -2.07. The van der Waals surface area contributed by atoms with Gasteiger partial charge >= 0.3 is 0 Å². The quantitative estimate of drug-likeness (QED) is 0.817. The van der Waals surface area contributed by atoms with Gasteiger partial charge in [0.15, 0.2) is 0 Å². The predicted molar refractivity (Wildman–Crippen MR) is 92.4 cm³/mol. The van der Waals surface area contributed by atoms with Crippen LogP contribution in [0.1, 0.15) is 45.9 Å². The van der Waals surface area contributed by atoms with E-state index in [1.54, 1.807) is 6.07 Å². The highest BCUT2D eigenvalue weighted by atomic mass is 35.5. The van der Waals surface area contributed by atoms with Crippen molar-refractivity contribution in [3.05, 3.63) is 64.5 Å². The molecule has 1 unspecified atom stereocenters. The van der Waals surface area contributed by atoms with Gasteiger partial charge < -0.3 is 11.1 Å². The molecular formula is C18H20ClFN2O. The number of nitrogens with one attached hydrogen (secondary N) is 1. The van der Waals surface area contributed by atoms with E-state index in [1.165, 1.54) is 17.7 Å². The summed E-state index contributed by atoms with van der Waals surface area (Å²) in [6.45, 7) is 1.81. The van der Waals surface area contributed by atoms with Crippen molar-refractivity contribution >= 4 is 24.0 Å². The van der Waals surface area contributed by atoms with Gasteiger partial charge in [0.25, 0.3) is 5.91 Å². The van der Waals surface area contributed by atoms with Crippen LogP contribution >= 0.6 is 12.4 Å². The van der Waals surface area contributed by atoms with E-state index in [2.05, 4.69) is 5.32 Å². The summed E-state index contributed by atoms with van der Waals surface area (Å²) >= 11 is 0. The second-order valence-corrected chi connectivity index (χ2v) is 5.84. The number of amides is 1. The van der Waals surface area contributed by atoms with Gasteiger partial charge in [0.1, 0.15) is 5.82 Å². The van der Waals surface area contributed by atoms with Crippen LogP contribution in [-0.4, -0.2) is 5.91 Å². The van der Waals surface area contributed by atoms with Gasteiger partial charge in [0, 0.05) is 11.3 Å². The molecule has 5 heteroatoms. The second kappa shape index (κ2) is 7.01. The van der Waals surface area contributed by atoms with Gasteiger partial charge in [-0.15, -0.1) is 12.4 Å². The van der Waals surface area contributed by atoms with Crippen LogP contribution in [0.25, 0.3) is 0 Å². The van der Waals surface area contributed by atoms with Crippen LogP contribution in [-0.2, 0) is 6.42 Å². The van der Waals surface area contributed by atoms with Gasteiger partial charge in [-0.1, -0.05) is 12.1 Å². The molecule has 1 atom stereocenters. The number of nitrogens with two attached hydrogens (primary N) is 1. The number of rotatable bonds is 2.